The molecular weight excluding hydrogens is 366 g/mol. The summed E-state index contributed by atoms with van der Waals surface area (Å²) in [4.78, 5) is 25.3. The van der Waals surface area contributed by atoms with Crippen LogP contribution in [0.15, 0.2) is 36.5 Å². The lowest BCUT2D eigenvalue weighted by atomic mass is 10.1. The highest BCUT2D eigenvalue weighted by Gasteiger charge is 2.16. The largest absolute Gasteiger partial charge is 0.504 e. The van der Waals surface area contributed by atoms with E-state index in [4.69, 9.17) is 4.74 Å². The topological polar surface area (TPSA) is 100 Å². The van der Waals surface area contributed by atoms with Crippen LogP contribution in [0.3, 0.4) is 0 Å². The lowest BCUT2D eigenvalue weighted by Gasteiger charge is -2.17. The van der Waals surface area contributed by atoms with Crippen molar-refractivity contribution < 1.29 is 14.6 Å². The number of urea groups is 1. The molecule has 0 aliphatic rings. The Morgan fingerprint density at radius 1 is 1.26 bits per heavy atom. The molecule has 0 aliphatic heterocycles. The number of carbonyl (C=O) groups excluding carboxylic acids is 1. The lowest BCUT2D eigenvalue weighted by Crippen LogP contribution is -2.38. The fraction of sp³-hybridized carbons (Fsp3) is 0.222. The molecule has 2 amide bonds. The van der Waals surface area contributed by atoms with Crippen LogP contribution in [0.2, 0.25) is 0 Å². The molecule has 0 radical (unpaired) electrons. The van der Waals surface area contributed by atoms with Crippen LogP contribution in [0.4, 0.5) is 10.6 Å². The number of phenols is 1. The molecule has 0 spiro atoms. The van der Waals surface area contributed by atoms with Crippen LogP contribution >= 0.6 is 12.8 Å². The minimum atomic E-state index is -0.401. The van der Waals surface area contributed by atoms with Gasteiger partial charge >= 0.3 is 6.03 Å². The fourth-order valence-corrected chi connectivity index (χ4v) is 2.55. The second-order valence-electron chi connectivity index (χ2n) is 6.07. The van der Waals surface area contributed by atoms with Crippen molar-refractivity contribution in [1.82, 2.24) is 20.3 Å². The Morgan fingerprint density at radius 3 is 2.74 bits per heavy atom. The summed E-state index contributed by atoms with van der Waals surface area (Å²) in [6, 6.07) is 8.09. The first kappa shape index (κ1) is 18.7. The number of carbonyl (C=O) groups is 1. The Balaban J connectivity index is 1.98. The molecule has 2 N–H and O–H groups in total. The van der Waals surface area contributed by atoms with E-state index in [1.807, 2.05) is 13.8 Å². The number of nitrogens with zero attached hydrogens (tertiary/aromatic N) is 4. The van der Waals surface area contributed by atoms with Crippen molar-refractivity contribution in [2.24, 2.45) is 0 Å². The second kappa shape index (κ2) is 7.67. The van der Waals surface area contributed by atoms with Crippen LogP contribution in [-0.2, 0) is 0 Å². The number of aromatic hydroxyl groups is 1. The van der Waals surface area contributed by atoms with Crippen molar-refractivity contribution in [3.63, 3.8) is 0 Å². The summed E-state index contributed by atoms with van der Waals surface area (Å²) in [5, 5.41) is 12.5. The highest BCUT2D eigenvalue weighted by Crippen LogP contribution is 2.31. The van der Waals surface area contributed by atoms with Gasteiger partial charge in [-0.15, -0.1) is 0 Å². The molecule has 2 aromatic heterocycles. The quantitative estimate of drug-likeness (QED) is 0.597. The molecule has 0 fully saturated rings. The van der Waals surface area contributed by atoms with E-state index >= 15 is 0 Å². The number of benzene rings is 1. The molecule has 0 unspecified atom stereocenters. The van der Waals surface area contributed by atoms with Gasteiger partial charge in [0.2, 0.25) is 0 Å². The minimum absolute atomic E-state index is 0.0326. The third-order valence-electron chi connectivity index (χ3n) is 3.69. The first-order chi connectivity index (χ1) is 12.9. The predicted octanol–water partition coefficient (Wildman–Crippen LogP) is 3.18. The number of nitrogens with one attached hydrogen (secondary N) is 1. The first-order valence-electron chi connectivity index (χ1n) is 8.19. The molecule has 1 aromatic carbocycles. The Labute approximate surface area is 161 Å². The number of rotatable bonds is 4. The van der Waals surface area contributed by atoms with Crippen molar-refractivity contribution in [1.29, 1.82) is 0 Å². The maximum atomic E-state index is 12.1. The van der Waals surface area contributed by atoms with Gasteiger partial charge in [-0.3, -0.25) is 0 Å². The second-order valence-corrected chi connectivity index (χ2v) is 6.47. The van der Waals surface area contributed by atoms with Crippen LogP contribution < -0.4 is 14.4 Å². The van der Waals surface area contributed by atoms with E-state index in [-0.39, 0.29) is 17.6 Å². The van der Waals surface area contributed by atoms with Gasteiger partial charge in [0.25, 0.3) is 0 Å². The van der Waals surface area contributed by atoms with Gasteiger partial charge in [0.1, 0.15) is 5.52 Å². The molecule has 0 saturated carbocycles. The van der Waals surface area contributed by atoms with Crippen molar-refractivity contribution in [2.75, 3.05) is 11.4 Å². The van der Waals surface area contributed by atoms with Gasteiger partial charge in [-0.05, 0) is 44.2 Å². The van der Waals surface area contributed by atoms with Gasteiger partial charge in [-0.2, -0.15) is 0 Å². The summed E-state index contributed by atoms with van der Waals surface area (Å²) < 4.78 is 6.22. The SMILES string of the molecule is COc1cc(-c2ccc3ncc(N(S)C(=O)NC(C)C)nc3n2)ccc1O. The number of thiol groups is 1. The normalized spacial score (nSPS) is 10.9. The monoisotopic (exact) mass is 385 g/mol. The van der Waals surface area contributed by atoms with Crippen molar-refractivity contribution in [3.8, 4) is 22.8 Å². The van der Waals surface area contributed by atoms with Crippen molar-refractivity contribution in [3.05, 3.63) is 36.5 Å². The van der Waals surface area contributed by atoms with E-state index in [0.717, 1.165) is 9.87 Å². The molecule has 0 bridgehead atoms. The Hall–Kier alpha value is -3.07. The van der Waals surface area contributed by atoms with Gasteiger partial charge < -0.3 is 15.2 Å². The number of hydrogen-bond donors (Lipinski definition) is 3. The molecule has 0 saturated heterocycles. The van der Waals surface area contributed by atoms with Gasteiger partial charge in [0.15, 0.2) is 23.0 Å². The van der Waals surface area contributed by atoms with Gasteiger partial charge in [-0.25, -0.2) is 24.1 Å². The van der Waals surface area contributed by atoms with Crippen LogP contribution in [0.5, 0.6) is 11.5 Å². The lowest BCUT2D eigenvalue weighted by molar-refractivity contribution is 0.247. The third-order valence-corrected chi connectivity index (χ3v) is 4.08. The summed E-state index contributed by atoms with van der Waals surface area (Å²) in [6.07, 6.45) is 1.46. The molecular formula is C18H19N5O3S. The maximum Gasteiger partial charge on any atom is 0.333 e. The van der Waals surface area contributed by atoms with E-state index in [9.17, 15) is 9.90 Å². The molecule has 2 heterocycles. The van der Waals surface area contributed by atoms with Gasteiger partial charge in [0, 0.05) is 11.6 Å². The van der Waals surface area contributed by atoms with Crippen LogP contribution in [-0.4, -0.2) is 39.2 Å². The zero-order valence-electron chi connectivity index (χ0n) is 15.0. The first-order valence-corrected chi connectivity index (χ1v) is 8.59. The average Bonchev–Trinajstić information content (AvgIpc) is 2.66. The van der Waals surface area contributed by atoms with Gasteiger partial charge in [0.05, 0.1) is 19.0 Å². The molecule has 3 aromatic rings. The summed E-state index contributed by atoms with van der Waals surface area (Å²) >= 11 is 4.19. The molecule has 27 heavy (non-hydrogen) atoms. The Bertz CT molecular complexity index is 996. The highest BCUT2D eigenvalue weighted by molar-refractivity contribution is 7.82. The third kappa shape index (κ3) is 4.03. The molecule has 3 rings (SSSR count). The van der Waals surface area contributed by atoms with Gasteiger partial charge in [-0.1, -0.05) is 12.8 Å². The maximum absolute atomic E-state index is 12.1. The van der Waals surface area contributed by atoms with Crippen LogP contribution in [0.1, 0.15) is 13.8 Å². The molecule has 9 heteroatoms. The predicted molar refractivity (Wildman–Crippen MR) is 106 cm³/mol. The standard InChI is InChI=1S/C18H19N5O3S/c1-10(2)20-18(25)23(27)16-9-19-13-6-5-12(21-17(13)22-16)11-4-7-14(24)15(8-11)26-3/h4-10,24,27H,1-3H3,(H,20,25). The van der Waals surface area contributed by atoms with Crippen LogP contribution in [0, 0.1) is 0 Å². The molecule has 8 nitrogen and oxygen atoms in total. The Morgan fingerprint density at radius 2 is 2.04 bits per heavy atom. The molecule has 140 valence electrons. The molecule has 0 atom stereocenters. The highest BCUT2D eigenvalue weighted by atomic mass is 32.1. The number of anilines is 1. The number of fused-ring (bicyclic) bond motifs is 1. The van der Waals surface area contributed by atoms with E-state index < -0.39 is 6.03 Å². The Kier molecular flexibility index (Phi) is 5.31. The van der Waals surface area contributed by atoms with Crippen molar-refractivity contribution in [2.45, 2.75) is 19.9 Å². The number of ether oxygens (including phenoxy) is 1. The van der Waals surface area contributed by atoms with E-state index in [1.54, 1.807) is 24.3 Å². The number of amides is 2. The van der Waals surface area contributed by atoms with E-state index in [1.165, 1.54) is 19.4 Å². The average molecular weight is 385 g/mol. The van der Waals surface area contributed by atoms with E-state index in [0.29, 0.717) is 22.6 Å². The van der Waals surface area contributed by atoms with Crippen LogP contribution in [0.25, 0.3) is 22.4 Å². The molecule has 0 aliphatic carbocycles. The zero-order chi connectivity index (χ0) is 19.6. The number of aromatic nitrogens is 3. The zero-order valence-corrected chi connectivity index (χ0v) is 15.9. The number of phenolic OH excluding ortho intramolecular Hbond substituents is 1. The number of methoxy groups -OCH3 is 1. The summed E-state index contributed by atoms with van der Waals surface area (Å²) in [5.74, 6) is 0.657. The number of hydrogen-bond acceptors (Lipinski definition) is 7. The number of pyridine rings is 1. The smallest absolute Gasteiger partial charge is 0.333 e. The summed E-state index contributed by atoms with van der Waals surface area (Å²) in [5.41, 5.74) is 2.33. The minimum Gasteiger partial charge on any atom is -0.504 e. The fourth-order valence-electron chi connectivity index (χ4n) is 2.40. The summed E-state index contributed by atoms with van der Waals surface area (Å²) in [7, 11) is 1.48. The summed E-state index contributed by atoms with van der Waals surface area (Å²) in [6.45, 7) is 3.71. The van der Waals surface area contributed by atoms with Crippen molar-refractivity contribution >= 4 is 35.8 Å². The van der Waals surface area contributed by atoms with E-state index in [2.05, 4.69) is 33.1 Å².